The molecule has 176 valence electrons. The molecule has 7 nitrogen and oxygen atoms in total. The number of methoxy groups -OCH3 is 2. The van der Waals surface area contributed by atoms with E-state index in [9.17, 15) is 9.59 Å². The van der Waals surface area contributed by atoms with E-state index in [0.717, 1.165) is 43.8 Å². The number of carbonyl (C=O) groups excluding carboxylic acids is 2. The second kappa shape index (κ2) is 11.6. The standard InChI is InChI=1S/C17H26N2O3S.C5H4ClNOS/c1-18-8-6-15-13(14(10-18)22-3)9-16(23-15)17(20)19-7-4-5-12(19)11-21-2;6-4-2-1-3(9-4)5(7)8/h9,12,14H,4-8,10-11H2,1-3H3;1-2H,(H2,7,8)/t12-,14?;/m0./s1. The van der Waals surface area contributed by atoms with Gasteiger partial charge < -0.3 is 25.0 Å². The zero-order chi connectivity index (χ0) is 23.3. The maximum atomic E-state index is 12.9. The van der Waals surface area contributed by atoms with Crippen molar-refractivity contribution < 1.29 is 19.1 Å². The summed E-state index contributed by atoms with van der Waals surface area (Å²) in [4.78, 5) is 30.2. The summed E-state index contributed by atoms with van der Waals surface area (Å²) in [6.07, 6.45) is 3.15. The summed E-state index contributed by atoms with van der Waals surface area (Å²) in [5, 5.41) is 0. The summed E-state index contributed by atoms with van der Waals surface area (Å²) in [6.45, 7) is 3.36. The van der Waals surface area contributed by atoms with Crippen molar-refractivity contribution >= 4 is 46.1 Å². The average Bonchev–Trinajstić information content (AvgIpc) is 3.49. The zero-order valence-electron chi connectivity index (χ0n) is 18.6. The van der Waals surface area contributed by atoms with Crippen molar-refractivity contribution in [2.45, 2.75) is 31.4 Å². The number of hydrogen-bond acceptors (Lipinski definition) is 7. The number of nitrogens with zero attached hydrogens (tertiary/aromatic N) is 2. The van der Waals surface area contributed by atoms with E-state index < -0.39 is 5.91 Å². The highest BCUT2D eigenvalue weighted by Gasteiger charge is 2.32. The Labute approximate surface area is 202 Å². The van der Waals surface area contributed by atoms with E-state index in [1.807, 2.05) is 4.90 Å². The zero-order valence-corrected chi connectivity index (χ0v) is 21.0. The Morgan fingerprint density at radius 3 is 2.59 bits per heavy atom. The highest BCUT2D eigenvalue weighted by atomic mass is 35.5. The minimum absolute atomic E-state index is 0.0589. The number of likely N-dealkylation sites (tertiary alicyclic amines) is 1. The van der Waals surface area contributed by atoms with Gasteiger partial charge >= 0.3 is 0 Å². The van der Waals surface area contributed by atoms with Gasteiger partial charge in [0.1, 0.15) is 0 Å². The highest BCUT2D eigenvalue weighted by Crippen LogP contribution is 2.34. The van der Waals surface area contributed by atoms with Gasteiger partial charge in [0.2, 0.25) is 0 Å². The fraction of sp³-hybridized carbons (Fsp3) is 0.545. The summed E-state index contributed by atoms with van der Waals surface area (Å²) in [5.41, 5.74) is 6.14. The molecule has 0 aromatic carbocycles. The summed E-state index contributed by atoms with van der Waals surface area (Å²) < 4.78 is 11.5. The Hall–Kier alpha value is -1.49. The molecule has 4 heterocycles. The minimum Gasteiger partial charge on any atom is -0.383 e. The molecule has 2 amide bonds. The number of likely N-dealkylation sites (N-methyl/N-ethyl adjacent to an activating group) is 1. The summed E-state index contributed by atoms with van der Waals surface area (Å²) >= 11 is 8.35. The normalized spacial score (nSPS) is 20.9. The number of primary amides is 1. The lowest BCUT2D eigenvalue weighted by molar-refractivity contribution is 0.0633. The van der Waals surface area contributed by atoms with E-state index in [4.69, 9.17) is 26.8 Å². The van der Waals surface area contributed by atoms with Gasteiger partial charge in [-0.3, -0.25) is 9.59 Å². The Balaban J connectivity index is 0.000000269. The van der Waals surface area contributed by atoms with Crippen LogP contribution in [0.3, 0.4) is 0 Å². The molecule has 0 bridgehead atoms. The summed E-state index contributed by atoms with van der Waals surface area (Å²) in [5.74, 6) is -0.266. The Bertz CT molecular complexity index is 932. The first-order chi connectivity index (χ1) is 15.3. The molecule has 2 aromatic heterocycles. The summed E-state index contributed by atoms with van der Waals surface area (Å²) in [6, 6.07) is 5.54. The van der Waals surface area contributed by atoms with Gasteiger partial charge in [-0.15, -0.1) is 22.7 Å². The Morgan fingerprint density at radius 1 is 1.22 bits per heavy atom. The van der Waals surface area contributed by atoms with Crippen LogP contribution in [0.25, 0.3) is 0 Å². The third-order valence-electron chi connectivity index (χ3n) is 5.70. The van der Waals surface area contributed by atoms with E-state index in [0.29, 0.717) is 15.8 Å². The average molecular weight is 500 g/mol. The van der Waals surface area contributed by atoms with Gasteiger partial charge in [0.05, 0.1) is 32.8 Å². The molecule has 10 heteroatoms. The largest absolute Gasteiger partial charge is 0.383 e. The predicted molar refractivity (Wildman–Crippen MR) is 129 cm³/mol. The van der Waals surface area contributed by atoms with Gasteiger partial charge in [-0.2, -0.15) is 0 Å². The molecular weight excluding hydrogens is 470 g/mol. The molecule has 1 unspecified atom stereocenters. The number of fused-ring (bicyclic) bond motifs is 1. The topological polar surface area (TPSA) is 85.1 Å². The van der Waals surface area contributed by atoms with Crippen molar-refractivity contribution in [3.63, 3.8) is 0 Å². The van der Waals surface area contributed by atoms with Gasteiger partial charge in [-0.05, 0) is 50.1 Å². The van der Waals surface area contributed by atoms with Crippen molar-refractivity contribution in [2.75, 3.05) is 47.5 Å². The van der Waals surface area contributed by atoms with E-state index in [-0.39, 0.29) is 18.1 Å². The third kappa shape index (κ3) is 6.09. The molecule has 2 atom stereocenters. The molecule has 2 N–H and O–H groups in total. The molecule has 32 heavy (non-hydrogen) atoms. The fourth-order valence-corrected chi connectivity index (χ4v) is 6.09. The van der Waals surface area contributed by atoms with Crippen LogP contribution in [-0.4, -0.2) is 75.2 Å². The van der Waals surface area contributed by atoms with Crippen LogP contribution in [0.4, 0.5) is 0 Å². The molecule has 0 aliphatic carbocycles. The number of hydrogen-bond donors (Lipinski definition) is 1. The monoisotopic (exact) mass is 499 g/mol. The Kier molecular flexibility index (Phi) is 9.10. The lowest BCUT2D eigenvalue weighted by Crippen LogP contribution is -2.37. The molecule has 0 radical (unpaired) electrons. The van der Waals surface area contributed by atoms with Crippen LogP contribution >= 0.6 is 34.3 Å². The van der Waals surface area contributed by atoms with Crippen molar-refractivity contribution in [1.29, 1.82) is 0 Å². The van der Waals surface area contributed by atoms with Gasteiger partial charge in [0.25, 0.3) is 11.8 Å². The van der Waals surface area contributed by atoms with Crippen LogP contribution in [0.15, 0.2) is 18.2 Å². The molecule has 2 aliphatic rings. The maximum absolute atomic E-state index is 12.9. The molecule has 1 saturated heterocycles. The van der Waals surface area contributed by atoms with E-state index >= 15 is 0 Å². The van der Waals surface area contributed by atoms with Gasteiger partial charge in [-0.25, -0.2) is 0 Å². The van der Waals surface area contributed by atoms with Gasteiger partial charge in [-0.1, -0.05) is 11.6 Å². The lowest BCUT2D eigenvalue weighted by Gasteiger charge is -2.23. The smallest absolute Gasteiger partial charge is 0.264 e. The second-order valence-corrected chi connectivity index (χ2v) is 10.8. The minimum atomic E-state index is -0.424. The van der Waals surface area contributed by atoms with Gasteiger partial charge in [0.15, 0.2) is 0 Å². The van der Waals surface area contributed by atoms with Crippen molar-refractivity contribution in [3.8, 4) is 0 Å². The van der Waals surface area contributed by atoms with Crippen LogP contribution in [0.2, 0.25) is 4.34 Å². The Morgan fingerprint density at radius 2 is 2.00 bits per heavy atom. The highest BCUT2D eigenvalue weighted by molar-refractivity contribution is 7.18. The number of nitrogens with two attached hydrogens (primary N) is 1. The number of rotatable bonds is 5. The molecular formula is C22H30ClN3O4S2. The van der Waals surface area contributed by atoms with E-state index in [1.54, 1.807) is 37.7 Å². The summed E-state index contributed by atoms with van der Waals surface area (Å²) in [7, 11) is 5.57. The van der Waals surface area contributed by atoms with Crippen LogP contribution < -0.4 is 5.73 Å². The number of amides is 2. The molecule has 0 saturated carbocycles. The van der Waals surface area contributed by atoms with Crippen molar-refractivity contribution in [3.05, 3.63) is 42.7 Å². The van der Waals surface area contributed by atoms with Crippen molar-refractivity contribution in [2.24, 2.45) is 5.73 Å². The van der Waals surface area contributed by atoms with Crippen LogP contribution in [0.1, 0.15) is 48.7 Å². The SMILES string of the molecule is COC[C@@H]1CCCN1C(=O)c1cc2c(s1)CCN(C)CC2OC.NC(=O)c1ccc(Cl)s1. The van der Waals surface area contributed by atoms with E-state index in [2.05, 4.69) is 18.0 Å². The number of thiophene rings is 2. The number of ether oxygens (including phenoxy) is 2. The molecule has 4 rings (SSSR count). The second-order valence-electron chi connectivity index (χ2n) is 7.94. The lowest BCUT2D eigenvalue weighted by atomic mass is 10.1. The van der Waals surface area contributed by atoms with Crippen molar-refractivity contribution in [1.82, 2.24) is 9.80 Å². The molecule has 2 aromatic rings. The quantitative estimate of drug-likeness (QED) is 0.678. The first-order valence-electron chi connectivity index (χ1n) is 10.5. The van der Waals surface area contributed by atoms with Gasteiger partial charge in [0, 0.05) is 38.7 Å². The first-order valence-corrected chi connectivity index (χ1v) is 12.5. The van der Waals surface area contributed by atoms with Crippen LogP contribution in [-0.2, 0) is 15.9 Å². The number of halogens is 1. The predicted octanol–water partition coefficient (Wildman–Crippen LogP) is 3.67. The van der Waals surface area contributed by atoms with E-state index in [1.165, 1.54) is 21.8 Å². The fourth-order valence-electron chi connectivity index (χ4n) is 4.04. The third-order valence-corrected chi connectivity index (χ3v) is 8.14. The van der Waals surface area contributed by atoms with Crippen LogP contribution in [0, 0.1) is 0 Å². The van der Waals surface area contributed by atoms with Crippen LogP contribution in [0.5, 0.6) is 0 Å². The molecule has 0 spiro atoms. The molecule has 2 aliphatic heterocycles. The molecule has 1 fully saturated rings. The first kappa shape index (κ1) is 25.1. The number of carbonyl (C=O) groups is 2. The maximum Gasteiger partial charge on any atom is 0.264 e.